The first-order valence-corrected chi connectivity index (χ1v) is 8.04. The predicted molar refractivity (Wildman–Crippen MR) is 94.3 cm³/mol. The number of carbonyl (C=O) groups excluding carboxylic acids is 1. The molecule has 9 heteroatoms. The molecular formula is C17H18N6O3. The lowest BCUT2D eigenvalue weighted by Gasteiger charge is -2.07. The molecule has 0 aliphatic heterocycles. The number of carbonyl (C=O) groups is 1. The molecule has 26 heavy (non-hydrogen) atoms. The van der Waals surface area contributed by atoms with Gasteiger partial charge in [0.15, 0.2) is 0 Å². The van der Waals surface area contributed by atoms with Crippen LogP contribution in [0, 0.1) is 24.0 Å². The van der Waals surface area contributed by atoms with Crippen LogP contribution < -0.4 is 5.32 Å². The lowest BCUT2D eigenvalue weighted by Crippen LogP contribution is -2.28. The normalized spacial score (nSPS) is 10.7. The fourth-order valence-corrected chi connectivity index (χ4v) is 2.73. The van der Waals surface area contributed by atoms with Gasteiger partial charge in [0.1, 0.15) is 12.4 Å². The second-order valence-electron chi connectivity index (χ2n) is 5.77. The first kappa shape index (κ1) is 17.3. The average molecular weight is 354 g/mol. The van der Waals surface area contributed by atoms with Crippen molar-refractivity contribution in [2.45, 2.75) is 20.4 Å². The first-order chi connectivity index (χ1) is 12.5. The van der Waals surface area contributed by atoms with E-state index in [4.69, 9.17) is 0 Å². The maximum atomic E-state index is 12.5. The number of nitro groups is 1. The van der Waals surface area contributed by atoms with Gasteiger partial charge in [0.25, 0.3) is 5.91 Å². The van der Waals surface area contributed by atoms with Gasteiger partial charge in [0.05, 0.1) is 34.1 Å². The van der Waals surface area contributed by atoms with Crippen molar-refractivity contribution in [2.24, 2.45) is 0 Å². The quantitative estimate of drug-likeness (QED) is 0.538. The lowest BCUT2D eigenvalue weighted by atomic mass is 10.2. The van der Waals surface area contributed by atoms with Crippen molar-refractivity contribution >= 4 is 11.6 Å². The number of nitrogens with one attached hydrogen (secondary N) is 1. The fraction of sp³-hybridized carbons (Fsp3) is 0.235. The topological polar surface area (TPSA) is 108 Å². The molecule has 1 amide bonds. The Kier molecular flexibility index (Phi) is 4.78. The highest BCUT2D eigenvalue weighted by Crippen LogP contribution is 2.17. The highest BCUT2D eigenvalue weighted by molar-refractivity contribution is 5.96. The van der Waals surface area contributed by atoms with Crippen molar-refractivity contribution in [3.05, 3.63) is 69.8 Å². The molecular weight excluding hydrogens is 336 g/mol. The maximum absolute atomic E-state index is 12.5. The van der Waals surface area contributed by atoms with Crippen molar-refractivity contribution in [3.63, 3.8) is 0 Å². The van der Waals surface area contributed by atoms with Crippen molar-refractivity contribution in [3.8, 4) is 5.69 Å². The summed E-state index contributed by atoms with van der Waals surface area (Å²) in [5.74, 6) is -0.233. The van der Waals surface area contributed by atoms with Gasteiger partial charge in [-0.05, 0) is 26.0 Å². The minimum Gasteiger partial charge on any atom is -0.350 e. The van der Waals surface area contributed by atoms with Crippen LogP contribution in [-0.4, -0.2) is 36.9 Å². The summed E-state index contributed by atoms with van der Waals surface area (Å²) in [7, 11) is 0. The summed E-state index contributed by atoms with van der Waals surface area (Å²) in [6.07, 6.45) is 2.51. The Morgan fingerprint density at radius 2 is 2.00 bits per heavy atom. The Labute approximate surface area is 149 Å². The van der Waals surface area contributed by atoms with Crippen LogP contribution in [0.25, 0.3) is 5.69 Å². The number of hydrogen-bond donors (Lipinski definition) is 1. The highest BCUT2D eigenvalue weighted by Gasteiger charge is 2.19. The zero-order valence-corrected chi connectivity index (χ0v) is 14.4. The molecule has 0 aliphatic rings. The van der Waals surface area contributed by atoms with E-state index in [9.17, 15) is 14.9 Å². The maximum Gasteiger partial charge on any atom is 0.306 e. The smallest absolute Gasteiger partial charge is 0.306 e. The van der Waals surface area contributed by atoms with Crippen LogP contribution in [0.15, 0.2) is 42.7 Å². The summed E-state index contributed by atoms with van der Waals surface area (Å²) in [4.78, 5) is 22.7. The molecule has 0 saturated carbocycles. The molecule has 2 heterocycles. The monoisotopic (exact) mass is 354 g/mol. The van der Waals surface area contributed by atoms with Crippen molar-refractivity contribution in [1.82, 2.24) is 24.9 Å². The summed E-state index contributed by atoms with van der Waals surface area (Å²) < 4.78 is 3.16. The van der Waals surface area contributed by atoms with Crippen LogP contribution in [0.3, 0.4) is 0 Å². The molecule has 9 nitrogen and oxygen atoms in total. The lowest BCUT2D eigenvalue weighted by molar-refractivity contribution is -0.385. The highest BCUT2D eigenvalue weighted by atomic mass is 16.6. The number of nitrogens with zero attached hydrogens (tertiary/aromatic N) is 5. The molecule has 0 unspecified atom stereocenters. The average Bonchev–Trinajstić information content (AvgIpc) is 3.20. The van der Waals surface area contributed by atoms with E-state index in [2.05, 4.69) is 15.5 Å². The van der Waals surface area contributed by atoms with Crippen molar-refractivity contribution in [1.29, 1.82) is 0 Å². The first-order valence-electron chi connectivity index (χ1n) is 8.04. The molecule has 3 aromatic rings. The number of aryl methyl sites for hydroxylation is 1. The van der Waals surface area contributed by atoms with Crippen molar-refractivity contribution < 1.29 is 9.72 Å². The van der Waals surface area contributed by atoms with Crippen LogP contribution in [-0.2, 0) is 6.54 Å². The third kappa shape index (κ3) is 3.46. The van der Waals surface area contributed by atoms with E-state index in [0.717, 1.165) is 11.4 Å². The van der Waals surface area contributed by atoms with Gasteiger partial charge in [-0.3, -0.25) is 19.6 Å². The summed E-state index contributed by atoms with van der Waals surface area (Å²) in [5, 5.41) is 21.8. The minimum atomic E-state index is -0.507. The number of rotatable bonds is 6. The fourth-order valence-electron chi connectivity index (χ4n) is 2.73. The SMILES string of the molecule is Cc1nn(-c2ccccc2)c(C)c1C(=O)NCCn1cc([N+](=O)[O-])cn1. The number of hydrogen-bond acceptors (Lipinski definition) is 5. The zero-order chi connectivity index (χ0) is 18.7. The molecule has 0 spiro atoms. The summed E-state index contributed by atoms with van der Waals surface area (Å²) >= 11 is 0. The van der Waals surface area contributed by atoms with E-state index in [1.165, 1.54) is 17.1 Å². The molecule has 3 rings (SSSR count). The van der Waals surface area contributed by atoms with Crippen LogP contribution in [0.1, 0.15) is 21.7 Å². The Balaban J connectivity index is 1.68. The van der Waals surface area contributed by atoms with E-state index in [1.54, 1.807) is 11.6 Å². The number of benzene rings is 1. The van der Waals surface area contributed by atoms with Crippen LogP contribution in [0.4, 0.5) is 5.69 Å². The van der Waals surface area contributed by atoms with Gasteiger partial charge in [-0.1, -0.05) is 18.2 Å². The van der Waals surface area contributed by atoms with Crippen LogP contribution in [0.5, 0.6) is 0 Å². The molecule has 1 aromatic carbocycles. The number of para-hydroxylation sites is 1. The van der Waals surface area contributed by atoms with Crippen molar-refractivity contribution in [2.75, 3.05) is 6.54 Å². The molecule has 134 valence electrons. The summed E-state index contributed by atoms with van der Waals surface area (Å²) in [5.41, 5.74) is 2.72. The van der Waals surface area contributed by atoms with Gasteiger partial charge < -0.3 is 5.32 Å². The van der Waals surface area contributed by atoms with Crippen LogP contribution >= 0.6 is 0 Å². The third-order valence-electron chi connectivity index (χ3n) is 3.98. The predicted octanol–water partition coefficient (Wildman–Crippen LogP) is 2.02. The molecule has 0 fully saturated rings. The van der Waals surface area contributed by atoms with E-state index >= 15 is 0 Å². The summed E-state index contributed by atoms with van der Waals surface area (Å²) in [6, 6.07) is 9.59. The molecule has 0 saturated heterocycles. The molecule has 1 N–H and O–H groups in total. The Morgan fingerprint density at radius 3 is 2.65 bits per heavy atom. The molecule has 2 aromatic heterocycles. The van der Waals surface area contributed by atoms with Gasteiger partial charge in [-0.25, -0.2) is 4.68 Å². The minimum absolute atomic E-state index is 0.0767. The van der Waals surface area contributed by atoms with E-state index in [0.29, 0.717) is 24.3 Å². The van der Waals surface area contributed by atoms with E-state index < -0.39 is 4.92 Å². The number of aromatic nitrogens is 4. The van der Waals surface area contributed by atoms with Crippen LogP contribution in [0.2, 0.25) is 0 Å². The second-order valence-corrected chi connectivity index (χ2v) is 5.77. The molecule has 0 atom stereocenters. The molecule has 0 bridgehead atoms. The van der Waals surface area contributed by atoms with E-state index in [1.807, 2.05) is 37.3 Å². The van der Waals surface area contributed by atoms with E-state index in [-0.39, 0.29) is 11.6 Å². The van der Waals surface area contributed by atoms with Gasteiger partial charge >= 0.3 is 5.69 Å². The van der Waals surface area contributed by atoms with Gasteiger partial charge in [-0.15, -0.1) is 0 Å². The van der Waals surface area contributed by atoms with Gasteiger partial charge in [0.2, 0.25) is 0 Å². The Morgan fingerprint density at radius 1 is 1.27 bits per heavy atom. The third-order valence-corrected chi connectivity index (χ3v) is 3.98. The standard InChI is InChI=1S/C17H18N6O3/c1-12-16(13(2)22(20-12)14-6-4-3-5-7-14)17(24)18-8-9-21-11-15(10-19-21)23(25)26/h3-7,10-11H,8-9H2,1-2H3,(H,18,24). The van der Waals surface area contributed by atoms with Gasteiger partial charge in [0, 0.05) is 6.54 Å². The molecule has 0 radical (unpaired) electrons. The zero-order valence-electron chi connectivity index (χ0n) is 14.4. The largest absolute Gasteiger partial charge is 0.350 e. The second kappa shape index (κ2) is 7.18. The number of amides is 1. The Hall–Kier alpha value is -3.49. The summed E-state index contributed by atoms with van der Waals surface area (Å²) in [6.45, 7) is 4.27. The molecule has 0 aliphatic carbocycles. The Bertz CT molecular complexity index is 945. The van der Waals surface area contributed by atoms with Gasteiger partial charge in [-0.2, -0.15) is 10.2 Å².